The van der Waals surface area contributed by atoms with Gasteiger partial charge in [-0.25, -0.2) is 0 Å². The van der Waals surface area contributed by atoms with Crippen LogP contribution >= 0.6 is 0 Å². The average Bonchev–Trinajstić information content (AvgIpc) is 2.73. The van der Waals surface area contributed by atoms with Gasteiger partial charge in [0.1, 0.15) is 24.9 Å². The van der Waals surface area contributed by atoms with Gasteiger partial charge in [0.05, 0.1) is 17.4 Å². The third kappa shape index (κ3) is 7.78. The Morgan fingerprint density at radius 3 is 2.12 bits per heavy atom. The normalized spacial score (nSPS) is 25.4. The highest BCUT2D eigenvalue weighted by atomic mass is 16.7. The van der Waals surface area contributed by atoms with E-state index in [-0.39, 0.29) is 13.2 Å². The maximum absolute atomic E-state index is 12.7. The second kappa shape index (κ2) is 11.3. The summed E-state index contributed by atoms with van der Waals surface area (Å²) in [5.41, 5.74) is -0.745. The van der Waals surface area contributed by atoms with E-state index in [1.807, 2.05) is 30.3 Å². The molecule has 9 heteroatoms. The van der Waals surface area contributed by atoms with Crippen LogP contribution in [0.3, 0.4) is 0 Å². The zero-order chi connectivity index (χ0) is 25.7. The maximum Gasteiger partial charge on any atom is 0.311 e. The second-order valence-corrected chi connectivity index (χ2v) is 10.5. The van der Waals surface area contributed by atoms with Crippen LogP contribution in [-0.2, 0) is 39.9 Å². The van der Waals surface area contributed by atoms with Crippen LogP contribution in [0.4, 0.5) is 0 Å². The minimum Gasteiger partial charge on any atom is -0.462 e. The topological polar surface area (TPSA) is 120 Å². The lowest BCUT2D eigenvalue weighted by atomic mass is 9.94. The molecule has 0 radical (unpaired) electrons. The van der Waals surface area contributed by atoms with Crippen LogP contribution in [0.1, 0.15) is 54.0 Å². The van der Waals surface area contributed by atoms with Crippen molar-refractivity contribution in [2.75, 3.05) is 6.61 Å². The van der Waals surface area contributed by atoms with Gasteiger partial charge in [-0.15, -0.1) is 0 Å². The molecular weight excluding hydrogens is 442 g/mol. The van der Waals surface area contributed by atoms with Crippen LogP contribution in [-0.4, -0.2) is 60.2 Å². The summed E-state index contributed by atoms with van der Waals surface area (Å²) in [6.45, 7) is 11.3. The number of hydrogen-bond donors (Lipinski definition) is 2. The van der Waals surface area contributed by atoms with Crippen LogP contribution in [0.2, 0.25) is 0 Å². The minimum absolute atomic E-state index is 0.145. The molecule has 1 saturated heterocycles. The lowest BCUT2D eigenvalue weighted by Gasteiger charge is -2.44. The van der Waals surface area contributed by atoms with E-state index in [0.29, 0.717) is 0 Å². The smallest absolute Gasteiger partial charge is 0.311 e. The van der Waals surface area contributed by atoms with Crippen molar-refractivity contribution in [3.05, 3.63) is 35.9 Å². The van der Waals surface area contributed by atoms with E-state index in [9.17, 15) is 19.5 Å². The molecule has 1 aliphatic heterocycles. The highest BCUT2D eigenvalue weighted by Gasteiger charge is 2.50. The third-order valence-corrected chi connectivity index (χ3v) is 5.15. The van der Waals surface area contributed by atoms with Crippen molar-refractivity contribution in [3.8, 4) is 0 Å². The molecule has 2 N–H and O–H groups in total. The minimum atomic E-state index is -1.38. The second-order valence-electron chi connectivity index (χ2n) is 10.5. The zero-order valence-corrected chi connectivity index (χ0v) is 21.0. The molecule has 0 aliphatic carbocycles. The van der Waals surface area contributed by atoms with Gasteiger partial charge in [0, 0.05) is 6.92 Å². The first kappa shape index (κ1) is 27.8. The summed E-state index contributed by atoms with van der Waals surface area (Å²) >= 11 is 0. The highest BCUT2D eigenvalue weighted by Crippen LogP contribution is 2.29. The summed E-state index contributed by atoms with van der Waals surface area (Å²) in [5, 5.41) is 13.7. The Kier molecular flexibility index (Phi) is 9.22. The summed E-state index contributed by atoms with van der Waals surface area (Å²) in [7, 11) is 0. The number of carbonyl (C=O) groups excluding carboxylic acids is 3. The quantitative estimate of drug-likeness (QED) is 0.572. The Hall–Kier alpha value is -2.49. The first-order chi connectivity index (χ1) is 15.7. The molecule has 1 fully saturated rings. The Balaban J connectivity index is 2.31. The first-order valence-corrected chi connectivity index (χ1v) is 11.3. The molecule has 0 bridgehead atoms. The van der Waals surface area contributed by atoms with Gasteiger partial charge in [-0.05, 0) is 47.1 Å². The van der Waals surface area contributed by atoms with Crippen molar-refractivity contribution in [1.29, 1.82) is 0 Å². The van der Waals surface area contributed by atoms with Crippen molar-refractivity contribution < 1.29 is 38.4 Å². The standard InChI is InChI=1S/C25H37NO8/c1-15(27)26-18-20(34-23(30)25(5,6)7)19(28)17(14-32-22(29)24(2,3)4)33-21(18)31-13-16-11-9-8-10-12-16/h8-12,17-21,28H,13-14H2,1-7H3,(H,26,27)/t17-,18-,19-,20-,21+/m1/s1. The number of aliphatic hydroxyl groups excluding tert-OH is 1. The Morgan fingerprint density at radius 1 is 1.00 bits per heavy atom. The van der Waals surface area contributed by atoms with E-state index in [2.05, 4.69) is 5.32 Å². The van der Waals surface area contributed by atoms with E-state index >= 15 is 0 Å². The first-order valence-electron chi connectivity index (χ1n) is 11.3. The number of aliphatic hydroxyl groups is 1. The van der Waals surface area contributed by atoms with Gasteiger partial charge < -0.3 is 29.4 Å². The SMILES string of the molecule is CC(=O)N[C@H]1[C@@H](OCc2ccccc2)O[C@H](COC(=O)C(C)(C)C)[C@@H](O)[C@@H]1OC(=O)C(C)(C)C. The lowest BCUT2D eigenvalue weighted by Crippen LogP contribution is -2.66. The molecule has 1 heterocycles. The summed E-state index contributed by atoms with van der Waals surface area (Å²) in [4.78, 5) is 36.9. The van der Waals surface area contributed by atoms with Crippen LogP contribution in [0, 0.1) is 10.8 Å². The van der Waals surface area contributed by atoms with Gasteiger partial charge >= 0.3 is 11.9 Å². The fourth-order valence-electron chi connectivity index (χ4n) is 3.15. The van der Waals surface area contributed by atoms with Crippen molar-refractivity contribution in [1.82, 2.24) is 5.32 Å². The van der Waals surface area contributed by atoms with Crippen LogP contribution in [0.25, 0.3) is 0 Å². The molecule has 1 aliphatic rings. The molecule has 0 spiro atoms. The van der Waals surface area contributed by atoms with Crippen molar-refractivity contribution in [2.24, 2.45) is 10.8 Å². The molecule has 0 unspecified atom stereocenters. The summed E-state index contributed by atoms with van der Waals surface area (Å²) in [6, 6.07) is 8.34. The summed E-state index contributed by atoms with van der Waals surface area (Å²) in [6.07, 6.45) is -4.70. The van der Waals surface area contributed by atoms with Crippen LogP contribution in [0.5, 0.6) is 0 Å². The molecule has 5 atom stereocenters. The summed E-state index contributed by atoms with van der Waals surface area (Å²) in [5.74, 6) is -1.46. The van der Waals surface area contributed by atoms with E-state index in [1.54, 1.807) is 41.5 Å². The molecule has 9 nitrogen and oxygen atoms in total. The van der Waals surface area contributed by atoms with Gasteiger partial charge in [-0.2, -0.15) is 0 Å². The van der Waals surface area contributed by atoms with Gasteiger partial charge in [-0.1, -0.05) is 30.3 Å². The molecule has 2 rings (SSSR count). The van der Waals surface area contributed by atoms with E-state index < -0.39 is 59.3 Å². The number of nitrogens with one attached hydrogen (secondary N) is 1. The molecule has 1 amide bonds. The monoisotopic (exact) mass is 479 g/mol. The molecule has 0 aromatic heterocycles. The molecule has 1 aromatic rings. The zero-order valence-electron chi connectivity index (χ0n) is 21.0. The maximum atomic E-state index is 12.7. The van der Waals surface area contributed by atoms with Crippen molar-refractivity contribution in [2.45, 2.75) is 85.7 Å². The molecule has 34 heavy (non-hydrogen) atoms. The predicted octanol–water partition coefficient (Wildman–Crippen LogP) is 2.34. The molecule has 190 valence electrons. The van der Waals surface area contributed by atoms with Gasteiger partial charge in [0.2, 0.25) is 5.91 Å². The molecule has 0 saturated carbocycles. The number of rotatable bonds is 7. The number of amides is 1. The molecule has 1 aromatic carbocycles. The number of esters is 2. The van der Waals surface area contributed by atoms with Crippen molar-refractivity contribution in [3.63, 3.8) is 0 Å². The number of benzene rings is 1. The number of hydrogen-bond acceptors (Lipinski definition) is 8. The van der Waals surface area contributed by atoms with E-state index in [1.165, 1.54) is 6.92 Å². The van der Waals surface area contributed by atoms with Crippen LogP contribution < -0.4 is 5.32 Å². The van der Waals surface area contributed by atoms with E-state index in [0.717, 1.165) is 5.56 Å². The molecular formula is C25H37NO8. The Labute approximate surface area is 201 Å². The highest BCUT2D eigenvalue weighted by molar-refractivity contribution is 5.76. The predicted molar refractivity (Wildman–Crippen MR) is 123 cm³/mol. The van der Waals surface area contributed by atoms with Gasteiger partial charge in [0.15, 0.2) is 12.4 Å². The number of ether oxygens (including phenoxy) is 4. The van der Waals surface area contributed by atoms with Gasteiger partial charge in [-0.3, -0.25) is 14.4 Å². The van der Waals surface area contributed by atoms with Crippen LogP contribution in [0.15, 0.2) is 30.3 Å². The largest absolute Gasteiger partial charge is 0.462 e. The Bertz CT molecular complexity index is 843. The Morgan fingerprint density at radius 2 is 1.59 bits per heavy atom. The van der Waals surface area contributed by atoms with Gasteiger partial charge in [0.25, 0.3) is 0 Å². The summed E-state index contributed by atoms with van der Waals surface area (Å²) < 4.78 is 22.9. The number of carbonyl (C=O) groups is 3. The average molecular weight is 480 g/mol. The van der Waals surface area contributed by atoms with E-state index in [4.69, 9.17) is 18.9 Å². The van der Waals surface area contributed by atoms with Crippen molar-refractivity contribution >= 4 is 17.8 Å². The fraction of sp³-hybridized carbons (Fsp3) is 0.640. The lowest BCUT2D eigenvalue weighted by molar-refractivity contribution is -0.279. The third-order valence-electron chi connectivity index (χ3n) is 5.15. The fourth-order valence-corrected chi connectivity index (χ4v) is 3.15.